The fourth-order valence-corrected chi connectivity index (χ4v) is 6.21. The molecule has 0 atom stereocenters. The van der Waals surface area contributed by atoms with Gasteiger partial charge < -0.3 is 0 Å². The first-order valence-electron chi connectivity index (χ1n) is 7.12. The number of hydrogen-bond donors (Lipinski definition) is 0. The van der Waals surface area contributed by atoms with Crippen LogP contribution in [0.5, 0.6) is 0 Å². The summed E-state index contributed by atoms with van der Waals surface area (Å²) >= 11 is 0. The first-order valence-corrected chi connectivity index (χ1v) is 9.40. The van der Waals surface area contributed by atoms with Crippen molar-refractivity contribution in [3.8, 4) is 0 Å². The van der Waals surface area contributed by atoms with Gasteiger partial charge in [0.15, 0.2) is 8.07 Å². The summed E-state index contributed by atoms with van der Waals surface area (Å²) in [7, 11) is -2.48. The summed E-state index contributed by atoms with van der Waals surface area (Å²) in [6.07, 6.45) is 3.67. The van der Waals surface area contributed by atoms with Gasteiger partial charge in [-0.25, -0.2) is 13.8 Å². The summed E-state index contributed by atoms with van der Waals surface area (Å²) in [6, 6.07) is 12.8. The van der Waals surface area contributed by atoms with E-state index < -0.39 is 8.07 Å². The van der Waals surface area contributed by atoms with E-state index >= 15 is 0 Å². The standard InChI is InChI=1S/C17H15F2N3Si/c1-2-23(13-22-12-20-11-21-22,16-7-3-14(18)4-8-16)17-9-5-15(19)6-10-17/h2-12H,1,13H2. The molecule has 2 aromatic carbocycles. The molecule has 0 amide bonds. The number of halogens is 2. The molecule has 0 N–H and O–H groups in total. The second-order valence-corrected chi connectivity index (χ2v) is 9.10. The molecule has 6 heteroatoms. The van der Waals surface area contributed by atoms with E-state index in [4.69, 9.17) is 0 Å². The lowest BCUT2D eigenvalue weighted by Crippen LogP contribution is -2.60. The van der Waals surface area contributed by atoms with Crippen LogP contribution in [0.3, 0.4) is 0 Å². The monoisotopic (exact) mass is 327 g/mol. The molecule has 0 aliphatic carbocycles. The lowest BCUT2D eigenvalue weighted by molar-refractivity contribution is 0.628. The Labute approximate surface area is 133 Å². The molecular weight excluding hydrogens is 312 g/mol. The lowest BCUT2D eigenvalue weighted by atomic mass is 10.3. The molecule has 0 radical (unpaired) electrons. The van der Waals surface area contributed by atoms with Crippen LogP contribution >= 0.6 is 0 Å². The second-order valence-electron chi connectivity index (χ2n) is 5.28. The van der Waals surface area contributed by atoms with E-state index in [1.807, 2.05) is 5.70 Å². The van der Waals surface area contributed by atoms with Crippen LogP contribution in [0.1, 0.15) is 0 Å². The summed E-state index contributed by atoms with van der Waals surface area (Å²) in [5, 5.41) is 6.14. The largest absolute Gasteiger partial charge is 0.255 e. The Morgan fingerprint density at radius 3 is 1.87 bits per heavy atom. The summed E-state index contributed by atoms with van der Waals surface area (Å²) in [5.74, 6) is -0.582. The van der Waals surface area contributed by atoms with E-state index in [0.717, 1.165) is 10.4 Å². The fraction of sp³-hybridized carbons (Fsp3) is 0.0588. The Balaban J connectivity index is 2.15. The maximum Gasteiger partial charge on any atom is 0.162 e. The van der Waals surface area contributed by atoms with Crippen LogP contribution in [0.4, 0.5) is 8.78 Å². The number of rotatable bonds is 5. The van der Waals surface area contributed by atoms with Crippen LogP contribution in [0.25, 0.3) is 0 Å². The van der Waals surface area contributed by atoms with Crippen molar-refractivity contribution in [1.29, 1.82) is 0 Å². The fourth-order valence-electron chi connectivity index (χ4n) is 2.71. The van der Waals surface area contributed by atoms with E-state index in [0.29, 0.717) is 6.17 Å². The van der Waals surface area contributed by atoms with Crippen molar-refractivity contribution in [2.75, 3.05) is 0 Å². The van der Waals surface area contributed by atoms with Crippen molar-refractivity contribution >= 4 is 18.4 Å². The maximum absolute atomic E-state index is 13.3. The number of hydrogen-bond acceptors (Lipinski definition) is 2. The molecule has 23 heavy (non-hydrogen) atoms. The first-order chi connectivity index (χ1) is 11.1. The highest BCUT2D eigenvalue weighted by Crippen LogP contribution is 2.11. The van der Waals surface area contributed by atoms with Gasteiger partial charge in [0, 0.05) is 6.17 Å². The van der Waals surface area contributed by atoms with E-state index in [-0.39, 0.29) is 11.6 Å². The minimum absolute atomic E-state index is 0.291. The first kappa shape index (κ1) is 15.3. The quantitative estimate of drug-likeness (QED) is 0.672. The van der Waals surface area contributed by atoms with Gasteiger partial charge in [0.2, 0.25) is 0 Å². The van der Waals surface area contributed by atoms with Gasteiger partial charge in [0.25, 0.3) is 0 Å². The van der Waals surface area contributed by atoms with Crippen molar-refractivity contribution < 1.29 is 8.78 Å². The molecule has 0 aliphatic heterocycles. The van der Waals surface area contributed by atoms with Gasteiger partial charge in [-0.2, -0.15) is 5.10 Å². The summed E-state index contributed by atoms with van der Waals surface area (Å²) < 4.78 is 28.4. The number of nitrogens with zero attached hydrogens (tertiary/aromatic N) is 3. The molecule has 1 heterocycles. The van der Waals surface area contributed by atoms with Gasteiger partial charge in [-0.05, 0) is 34.6 Å². The van der Waals surface area contributed by atoms with E-state index in [1.165, 1.54) is 30.6 Å². The zero-order chi connectivity index (χ0) is 16.3. The Bertz CT molecular complexity index is 738. The predicted molar refractivity (Wildman–Crippen MR) is 88.0 cm³/mol. The number of aromatic nitrogens is 3. The molecule has 0 bridgehead atoms. The smallest absolute Gasteiger partial charge is 0.162 e. The predicted octanol–water partition coefficient (Wildman–Crippen LogP) is 2.08. The van der Waals surface area contributed by atoms with Crippen molar-refractivity contribution in [2.45, 2.75) is 6.17 Å². The SMILES string of the molecule is C=C[Si](Cn1cncn1)(c1ccc(F)cc1)c1ccc(F)cc1. The molecule has 3 rings (SSSR count). The third kappa shape index (κ3) is 2.98. The van der Waals surface area contributed by atoms with Crippen molar-refractivity contribution in [3.05, 3.63) is 85.1 Å². The molecule has 0 aliphatic rings. The highest BCUT2D eigenvalue weighted by molar-refractivity contribution is 7.05. The minimum Gasteiger partial charge on any atom is -0.255 e. The third-order valence-electron chi connectivity index (χ3n) is 3.95. The highest BCUT2D eigenvalue weighted by atomic mass is 28.3. The molecule has 0 fully saturated rings. The highest BCUT2D eigenvalue weighted by Gasteiger charge is 2.35. The van der Waals surface area contributed by atoms with Crippen LogP contribution in [-0.4, -0.2) is 22.8 Å². The van der Waals surface area contributed by atoms with E-state index in [9.17, 15) is 8.78 Å². The molecule has 0 saturated heterocycles. The van der Waals surface area contributed by atoms with E-state index in [1.54, 1.807) is 35.3 Å². The van der Waals surface area contributed by atoms with Crippen molar-refractivity contribution in [2.24, 2.45) is 0 Å². The van der Waals surface area contributed by atoms with Crippen molar-refractivity contribution in [1.82, 2.24) is 14.8 Å². The van der Waals surface area contributed by atoms with Gasteiger partial charge >= 0.3 is 0 Å². The van der Waals surface area contributed by atoms with Gasteiger partial charge in [0.1, 0.15) is 24.3 Å². The average molecular weight is 327 g/mol. The van der Waals surface area contributed by atoms with Gasteiger partial charge in [-0.3, -0.25) is 4.68 Å². The molecule has 0 spiro atoms. The van der Waals surface area contributed by atoms with Crippen LogP contribution in [0.2, 0.25) is 0 Å². The molecule has 1 aromatic heterocycles. The molecule has 0 unspecified atom stereocenters. The topological polar surface area (TPSA) is 30.7 Å². The molecule has 116 valence electrons. The third-order valence-corrected chi connectivity index (χ3v) is 8.19. The Kier molecular flexibility index (Phi) is 4.16. The zero-order valence-electron chi connectivity index (χ0n) is 12.4. The Morgan fingerprint density at radius 2 is 1.48 bits per heavy atom. The van der Waals surface area contributed by atoms with Crippen LogP contribution in [0, 0.1) is 11.6 Å². The molecule has 3 nitrogen and oxygen atoms in total. The minimum atomic E-state index is -2.48. The van der Waals surface area contributed by atoms with Gasteiger partial charge in [0.05, 0.1) is 0 Å². The maximum atomic E-state index is 13.3. The summed E-state index contributed by atoms with van der Waals surface area (Å²) in [5.41, 5.74) is 1.91. The Hall–Kier alpha value is -2.60. The van der Waals surface area contributed by atoms with Crippen LogP contribution in [-0.2, 0) is 6.17 Å². The van der Waals surface area contributed by atoms with Crippen LogP contribution in [0.15, 0.2) is 73.5 Å². The molecule has 3 aromatic rings. The molecular formula is C17H15F2N3Si. The van der Waals surface area contributed by atoms with Gasteiger partial charge in [-0.15, -0.1) is 6.58 Å². The van der Waals surface area contributed by atoms with E-state index in [2.05, 4.69) is 16.7 Å². The van der Waals surface area contributed by atoms with Crippen LogP contribution < -0.4 is 10.4 Å². The lowest BCUT2D eigenvalue weighted by Gasteiger charge is -2.29. The Morgan fingerprint density at radius 1 is 0.957 bits per heavy atom. The summed E-state index contributed by atoms with van der Waals surface area (Å²) in [4.78, 5) is 3.98. The second kappa shape index (κ2) is 6.25. The molecule has 0 saturated carbocycles. The van der Waals surface area contributed by atoms with Gasteiger partial charge in [-0.1, -0.05) is 30.0 Å². The summed E-state index contributed by atoms with van der Waals surface area (Å²) in [6.45, 7) is 4.02. The zero-order valence-corrected chi connectivity index (χ0v) is 13.4. The normalized spacial score (nSPS) is 11.4. The van der Waals surface area contributed by atoms with Crippen molar-refractivity contribution in [3.63, 3.8) is 0 Å². The average Bonchev–Trinajstić information content (AvgIpc) is 3.07. The number of benzene rings is 2.